The third kappa shape index (κ3) is 5.86. The molecule has 2 unspecified atom stereocenters. The maximum absolute atomic E-state index is 9.81. The lowest BCUT2D eigenvalue weighted by Gasteiger charge is -2.32. The van der Waals surface area contributed by atoms with Crippen molar-refractivity contribution in [2.45, 2.75) is 77.7 Å². The first kappa shape index (κ1) is 21.1. The number of benzene rings is 1. The minimum absolute atomic E-state index is 0. The van der Waals surface area contributed by atoms with E-state index < -0.39 is 0 Å². The van der Waals surface area contributed by atoms with Crippen molar-refractivity contribution in [3.05, 3.63) is 23.3 Å². The van der Waals surface area contributed by atoms with Gasteiger partial charge in [0.1, 0.15) is 0 Å². The average Bonchev–Trinajstić information content (AvgIpc) is 2.54. The minimum atomic E-state index is 0. The van der Waals surface area contributed by atoms with Crippen molar-refractivity contribution < 1.29 is 10.2 Å². The highest BCUT2D eigenvalue weighted by molar-refractivity contribution is 5.85. The van der Waals surface area contributed by atoms with E-state index in [0.717, 1.165) is 13.0 Å². The second-order valence-electron chi connectivity index (χ2n) is 7.11. The number of hydrogen-bond donors (Lipinski definition) is 3. The second-order valence-corrected chi connectivity index (χ2v) is 7.11. The quantitative estimate of drug-likeness (QED) is 0.406. The number of fused-ring (bicyclic) bond motifs is 1. The summed E-state index contributed by atoms with van der Waals surface area (Å²) in [5, 5.41) is 23.1. The van der Waals surface area contributed by atoms with E-state index in [0.29, 0.717) is 12.0 Å². The molecular weight excluding hydrogens is 322 g/mol. The van der Waals surface area contributed by atoms with Gasteiger partial charge >= 0.3 is 0 Å². The van der Waals surface area contributed by atoms with Crippen molar-refractivity contribution in [3.8, 4) is 11.5 Å². The Kier molecular flexibility index (Phi) is 9.53. The van der Waals surface area contributed by atoms with Gasteiger partial charge in [0, 0.05) is 6.04 Å². The molecule has 1 aromatic rings. The van der Waals surface area contributed by atoms with Gasteiger partial charge in [-0.3, -0.25) is 0 Å². The molecule has 138 valence electrons. The van der Waals surface area contributed by atoms with Crippen LogP contribution in [0.5, 0.6) is 11.5 Å². The van der Waals surface area contributed by atoms with E-state index in [9.17, 15) is 10.2 Å². The number of phenolic OH excluding ortho intramolecular Hbond substituents is 2. The third-order valence-electron chi connectivity index (χ3n) is 5.16. The molecule has 0 aliphatic carbocycles. The summed E-state index contributed by atoms with van der Waals surface area (Å²) < 4.78 is 0. The monoisotopic (exact) mass is 355 g/mol. The van der Waals surface area contributed by atoms with Gasteiger partial charge in [0.05, 0.1) is 0 Å². The van der Waals surface area contributed by atoms with Crippen LogP contribution in [0.15, 0.2) is 12.1 Å². The van der Waals surface area contributed by atoms with Gasteiger partial charge in [0.15, 0.2) is 11.5 Å². The van der Waals surface area contributed by atoms with Crippen LogP contribution in [-0.4, -0.2) is 16.8 Å². The molecule has 0 fully saturated rings. The molecule has 4 heteroatoms. The Morgan fingerprint density at radius 3 is 2.38 bits per heavy atom. The van der Waals surface area contributed by atoms with Crippen LogP contribution in [0, 0.1) is 5.92 Å². The van der Waals surface area contributed by atoms with Crippen LogP contribution >= 0.6 is 12.4 Å². The third-order valence-corrected chi connectivity index (χ3v) is 5.16. The highest BCUT2D eigenvalue weighted by Crippen LogP contribution is 2.37. The first-order valence-corrected chi connectivity index (χ1v) is 9.41. The Hall–Kier alpha value is -0.930. The molecule has 1 aromatic carbocycles. The predicted octanol–water partition coefficient (Wildman–Crippen LogP) is 5.48. The lowest BCUT2D eigenvalue weighted by molar-refractivity contribution is 0.337. The summed E-state index contributed by atoms with van der Waals surface area (Å²) in [5.74, 6) is 0.554. The van der Waals surface area contributed by atoms with Crippen molar-refractivity contribution in [1.82, 2.24) is 5.32 Å². The molecule has 1 aliphatic rings. The van der Waals surface area contributed by atoms with Gasteiger partial charge in [-0.25, -0.2) is 0 Å². The van der Waals surface area contributed by atoms with Gasteiger partial charge in [0.25, 0.3) is 0 Å². The predicted molar refractivity (Wildman–Crippen MR) is 103 cm³/mol. The SMILES string of the molecule is CCCCCCCCCC(C)C1NCCc2cc(O)c(O)cc21.Cl. The fraction of sp³-hybridized carbons (Fsp3) is 0.700. The second kappa shape index (κ2) is 10.8. The first-order valence-electron chi connectivity index (χ1n) is 9.41. The van der Waals surface area contributed by atoms with E-state index in [1.165, 1.54) is 62.5 Å². The van der Waals surface area contributed by atoms with E-state index in [-0.39, 0.29) is 23.9 Å². The first-order chi connectivity index (χ1) is 11.1. The summed E-state index contributed by atoms with van der Waals surface area (Å²) in [6.07, 6.45) is 11.5. The normalized spacial score (nSPS) is 17.8. The summed E-state index contributed by atoms with van der Waals surface area (Å²) in [7, 11) is 0. The van der Waals surface area contributed by atoms with E-state index in [1.807, 2.05) is 0 Å². The molecular formula is C20H34ClNO2. The number of unbranched alkanes of at least 4 members (excludes halogenated alkanes) is 6. The van der Waals surface area contributed by atoms with Crippen molar-refractivity contribution >= 4 is 12.4 Å². The van der Waals surface area contributed by atoms with Gasteiger partial charge in [-0.1, -0.05) is 58.8 Å². The maximum atomic E-state index is 9.81. The molecule has 2 atom stereocenters. The smallest absolute Gasteiger partial charge is 0.157 e. The molecule has 0 saturated heterocycles. The van der Waals surface area contributed by atoms with Gasteiger partial charge < -0.3 is 15.5 Å². The lowest BCUT2D eigenvalue weighted by atomic mass is 9.84. The van der Waals surface area contributed by atoms with Crippen LogP contribution in [0.25, 0.3) is 0 Å². The highest BCUT2D eigenvalue weighted by atomic mass is 35.5. The number of phenols is 2. The molecule has 1 heterocycles. The molecule has 0 bridgehead atoms. The summed E-state index contributed by atoms with van der Waals surface area (Å²) >= 11 is 0. The molecule has 2 rings (SSSR count). The Bertz CT molecular complexity index is 493. The Morgan fingerprint density at radius 2 is 1.67 bits per heavy atom. The summed E-state index contributed by atoms with van der Waals surface area (Å²) in [5.41, 5.74) is 2.34. The Labute approximate surface area is 153 Å². The minimum Gasteiger partial charge on any atom is -0.504 e. The largest absolute Gasteiger partial charge is 0.504 e. The van der Waals surface area contributed by atoms with E-state index in [2.05, 4.69) is 19.2 Å². The van der Waals surface area contributed by atoms with Crippen LogP contribution < -0.4 is 5.32 Å². The average molecular weight is 356 g/mol. The molecule has 0 spiro atoms. The molecule has 1 aliphatic heterocycles. The summed E-state index contributed by atoms with van der Waals surface area (Å²) in [6.45, 7) is 5.51. The molecule has 0 amide bonds. The Morgan fingerprint density at radius 1 is 1.04 bits per heavy atom. The summed E-state index contributed by atoms with van der Waals surface area (Å²) in [6, 6.07) is 3.78. The number of hydrogen-bond acceptors (Lipinski definition) is 3. The van der Waals surface area contributed by atoms with E-state index >= 15 is 0 Å². The van der Waals surface area contributed by atoms with Crippen molar-refractivity contribution in [2.75, 3.05) is 6.54 Å². The van der Waals surface area contributed by atoms with Crippen LogP contribution in [0.2, 0.25) is 0 Å². The lowest BCUT2D eigenvalue weighted by Crippen LogP contribution is -2.33. The molecule has 0 radical (unpaired) electrons. The molecule has 3 N–H and O–H groups in total. The highest BCUT2D eigenvalue weighted by Gasteiger charge is 2.25. The van der Waals surface area contributed by atoms with Crippen molar-refractivity contribution in [1.29, 1.82) is 0 Å². The zero-order valence-corrected chi connectivity index (χ0v) is 16.0. The maximum Gasteiger partial charge on any atom is 0.157 e. The van der Waals surface area contributed by atoms with Crippen LogP contribution in [0.3, 0.4) is 0 Å². The molecule has 0 saturated carbocycles. The number of aromatic hydroxyl groups is 2. The summed E-state index contributed by atoms with van der Waals surface area (Å²) in [4.78, 5) is 0. The molecule has 3 nitrogen and oxygen atoms in total. The van der Waals surface area contributed by atoms with Gasteiger partial charge in [0.2, 0.25) is 0 Å². The van der Waals surface area contributed by atoms with Crippen molar-refractivity contribution in [2.24, 2.45) is 5.92 Å². The van der Waals surface area contributed by atoms with E-state index in [4.69, 9.17) is 0 Å². The van der Waals surface area contributed by atoms with Crippen LogP contribution in [0.1, 0.15) is 82.4 Å². The van der Waals surface area contributed by atoms with Crippen LogP contribution in [0.4, 0.5) is 0 Å². The zero-order chi connectivity index (χ0) is 16.7. The fourth-order valence-electron chi connectivity index (χ4n) is 3.71. The molecule has 24 heavy (non-hydrogen) atoms. The topological polar surface area (TPSA) is 52.5 Å². The number of halogens is 1. The van der Waals surface area contributed by atoms with E-state index in [1.54, 1.807) is 12.1 Å². The van der Waals surface area contributed by atoms with Crippen molar-refractivity contribution in [3.63, 3.8) is 0 Å². The van der Waals surface area contributed by atoms with Crippen LogP contribution in [-0.2, 0) is 6.42 Å². The van der Waals surface area contributed by atoms with Gasteiger partial charge in [-0.15, -0.1) is 12.4 Å². The Balaban J connectivity index is 0.00000288. The fourth-order valence-corrected chi connectivity index (χ4v) is 3.71. The van der Waals surface area contributed by atoms with Gasteiger partial charge in [-0.05, 0) is 48.6 Å². The molecule has 0 aromatic heterocycles. The van der Waals surface area contributed by atoms with Gasteiger partial charge in [-0.2, -0.15) is 0 Å². The number of rotatable bonds is 9. The zero-order valence-electron chi connectivity index (χ0n) is 15.2. The standard InChI is InChI=1S/C20H33NO2.ClH/c1-3-4-5-6-7-8-9-10-15(2)20-17-14-19(23)18(22)13-16(17)11-12-21-20;/h13-15,20-23H,3-12H2,1-2H3;1H. The number of nitrogens with one attached hydrogen (secondary N) is 1.